The van der Waals surface area contributed by atoms with E-state index in [0.29, 0.717) is 59.1 Å². The molecule has 16 heteroatoms. The Morgan fingerprint density at radius 2 is 1.70 bits per heavy atom. The Morgan fingerprint density at radius 3 is 2.49 bits per heavy atom. The van der Waals surface area contributed by atoms with Crippen LogP contribution in [0.4, 0.5) is 5.69 Å². The van der Waals surface area contributed by atoms with Crippen LogP contribution in [0.2, 0.25) is 5.02 Å². The van der Waals surface area contributed by atoms with Crippen LogP contribution in [0.25, 0.3) is 21.8 Å². The van der Waals surface area contributed by atoms with Crippen molar-refractivity contribution in [3.05, 3.63) is 105 Å². The summed E-state index contributed by atoms with van der Waals surface area (Å²) in [5, 5.41) is 19.3. The third-order valence-corrected chi connectivity index (χ3v) is 12.2. The Hall–Kier alpha value is -5.06. The van der Waals surface area contributed by atoms with Gasteiger partial charge in [-0.05, 0) is 73.9 Å². The number of piperidine rings is 1. The number of amides is 3. The van der Waals surface area contributed by atoms with E-state index in [4.69, 9.17) is 26.1 Å². The molecule has 3 aromatic carbocycles. The topological polar surface area (TPSA) is 168 Å². The largest absolute Gasteiger partial charge is 0.481 e. The summed E-state index contributed by atoms with van der Waals surface area (Å²) in [7, 11) is 0. The maximum absolute atomic E-state index is 14.1. The van der Waals surface area contributed by atoms with Gasteiger partial charge in [-0.1, -0.05) is 54.1 Å². The second-order valence-electron chi connectivity index (χ2n) is 16.0. The van der Waals surface area contributed by atoms with Gasteiger partial charge in [0.05, 0.1) is 47.6 Å². The number of ether oxygens (including phenoxy) is 2. The van der Waals surface area contributed by atoms with Gasteiger partial charge in [0.2, 0.25) is 11.8 Å². The zero-order chi connectivity index (χ0) is 41.6. The number of benzene rings is 3. The number of hydrogen-bond acceptors (Lipinski definition) is 10. The van der Waals surface area contributed by atoms with Gasteiger partial charge in [0.1, 0.15) is 17.3 Å². The number of aromatic nitrogens is 3. The number of nitrogens with one attached hydrogen (secondary N) is 2. The molecule has 3 N–H and O–H groups in total. The first-order valence-electron chi connectivity index (χ1n) is 20.8. The Kier molecular flexibility index (Phi) is 14.3. The lowest BCUT2D eigenvalue weighted by molar-refractivity contribution is -0.140. The van der Waals surface area contributed by atoms with Crippen LogP contribution in [0.3, 0.4) is 0 Å². The number of carbonyl (C=O) groups is 3. The van der Waals surface area contributed by atoms with Gasteiger partial charge in [-0.3, -0.25) is 28.6 Å². The van der Waals surface area contributed by atoms with Gasteiger partial charge in [-0.2, -0.15) is 13.5 Å². The molecule has 322 valence electrons. The first-order valence-corrected chi connectivity index (χ1v) is 21.2. The summed E-state index contributed by atoms with van der Waals surface area (Å²) >= 11 is 6.81. The lowest BCUT2D eigenvalue weighted by Crippen LogP contribution is -2.55. The lowest BCUT2D eigenvalue weighted by Gasteiger charge is -2.39. The number of halogens is 1. The fraction of sp³-hybridized carbons (Fsp3) is 0.422. The average molecular weight is 870 g/mol. The van der Waals surface area contributed by atoms with Crippen molar-refractivity contribution >= 4 is 70.3 Å². The summed E-state index contributed by atoms with van der Waals surface area (Å²) in [5.74, 6) is -0.403. The molecule has 61 heavy (non-hydrogen) atoms. The molecule has 2 fully saturated rings. The van der Waals surface area contributed by atoms with Gasteiger partial charge >= 0.3 is 0 Å². The standard InChI is InChI=1S/C45H50ClN7O7.H2S/c46-41-32-9-4-5-11-35(32)50-42-34(41)10-6-12-38(42)60-27-40(55)49-37(25-30-7-2-1-3-8-30)44(57)52-19-16-45(58,17-20-52)28-53-29-47-36-26-31(13-14-33(36)43(53)56)48-39(54)15-18-51-21-23-59-24-22-51;/h1-3,6-8,10,12-14,26,29,37,58H,4-5,9,11,15-25,27-28H2,(H,48,54)(H,49,55);1H2/t37-;/m0./s1. The summed E-state index contributed by atoms with van der Waals surface area (Å²) in [5.41, 5.74) is 2.94. The Labute approximate surface area is 366 Å². The zero-order valence-corrected chi connectivity index (χ0v) is 35.8. The van der Waals surface area contributed by atoms with Crippen LogP contribution in [0, 0.1) is 0 Å². The second kappa shape index (κ2) is 19.8. The molecular formula is C45H52ClN7O7S. The number of fused-ring (bicyclic) bond motifs is 3. The number of aryl methyl sites for hydroxylation is 1. The molecule has 2 aliphatic heterocycles. The molecule has 0 radical (unpaired) electrons. The average Bonchev–Trinajstić information content (AvgIpc) is 3.26. The molecule has 14 nitrogen and oxygen atoms in total. The van der Waals surface area contributed by atoms with Crippen LogP contribution < -0.4 is 20.9 Å². The Balaban J connectivity index is 0.00000561. The molecule has 0 bridgehead atoms. The highest BCUT2D eigenvalue weighted by atomic mass is 35.5. The molecule has 1 aliphatic carbocycles. The van der Waals surface area contributed by atoms with Crippen molar-refractivity contribution in [2.75, 3.05) is 57.9 Å². The molecule has 8 rings (SSSR count). The highest BCUT2D eigenvalue weighted by molar-refractivity contribution is 7.59. The van der Waals surface area contributed by atoms with Crippen LogP contribution in [0.15, 0.2) is 77.9 Å². The normalized spacial score (nSPS) is 16.9. The minimum atomic E-state index is -1.27. The maximum Gasteiger partial charge on any atom is 0.261 e. The highest BCUT2D eigenvalue weighted by Gasteiger charge is 2.37. The third-order valence-electron chi connectivity index (χ3n) is 11.8. The van der Waals surface area contributed by atoms with E-state index < -0.39 is 17.6 Å². The van der Waals surface area contributed by atoms with Crippen LogP contribution >= 0.6 is 25.1 Å². The first kappa shape index (κ1) is 44.0. The first-order chi connectivity index (χ1) is 29.1. The third kappa shape index (κ3) is 10.5. The second-order valence-corrected chi connectivity index (χ2v) is 16.4. The van der Waals surface area contributed by atoms with Crippen molar-refractivity contribution in [2.24, 2.45) is 0 Å². The molecule has 2 saturated heterocycles. The fourth-order valence-corrected chi connectivity index (χ4v) is 8.76. The van der Waals surface area contributed by atoms with Crippen LogP contribution in [-0.2, 0) is 44.9 Å². The number of carbonyl (C=O) groups excluding carboxylic acids is 3. The Bertz CT molecular complexity index is 2440. The number of rotatable bonds is 13. The van der Waals surface area contributed by atoms with Crippen LogP contribution in [0.1, 0.15) is 48.9 Å². The maximum atomic E-state index is 14.1. The lowest BCUT2D eigenvalue weighted by atomic mass is 9.90. The van der Waals surface area contributed by atoms with Gasteiger partial charge < -0.3 is 30.1 Å². The van der Waals surface area contributed by atoms with Crippen molar-refractivity contribution < 1.29 is 29.0 Å². The summed E-state index contributed by atoms with van der Waals surface area (Å²) < 4.78 is 12.8. The molecule has 2 aromatic heterocycles. The smallest absolute Gasteiger partial charge is 0.261 e. The molecule has 0 unspecified atom stereocenters. The van der Waals surface area contributed by atoms with Gasteiger partial charge in [-0.25, -0.2) is 9.97 Å². The number of para-hydroxylation sites is 1. The molecule has 5 aromatic rings. The minimum absolute atomic E-state index is 0. The van der Waals surface area contributed by atoms with Crippen molar-refractivity contribution in [3.8, 4) is 5.75 Å². The number of pyridine rings is 1. The van der Waals surface area contributed by atoms with E-state index in [2.05, 4.69) is 20.5 Å². The van der Waals surface area contributed by atoms with Crippen LogP contribution in [0.5, 0.6) is 5.75 Å². The van der Waals surface area contributed by atoms with Crippen molar-refractivity contribution in [3.63, 3.8) is 0 Å². The molecule has 4 heterocycles. The van der Waals surface area contributed by atoms with Crippen molar-refractivity contribution in [1.82, 2.24) is 29.7 Å². The van der Waals surface area contributed by atoms with Crippen molar-refractivity contribution in [1.29, 1.82) is 0 Å². The van der Waals surface area contributed by atoms with Gasteiger partial charge in [0.25, 0.3) is 11.5 Å². The van der Waals surface area contributed by atoms with E-state index in [1.807, 2.05) is 42.5 Å². The molecule has 3 aliphatic rings. The van der Waals surface area contributed by atoms with E-state index in [0.717, 1.165) is 61.0 Å². The summed E-state index contributed by atoms with van der Waals surface area (Å²) in [6.45, 7) is 3.72. The molecule has 0 saturated carbocycles. The van der Waals surface area contributed by atoms with E-state index in [1.54, 1.807) is 29.2 Å². The number of aliphatic hydroxyl groups is 1. The number of likely N-dealkylation sites (tertiary alicyclic amines) is 1. The van der Waals surface area contributed by atoms with Crippen molar-refractivity contribution in [2.45, 2.75) is 69.6 Å². The van der Waals surface area contributed by atoms with Crippen LogP contribution in [-0.4, -0.2) is 111 Å². The van der Waals surface area contributed by atoms with Gasteiger partial charge in [0.15, 0.2) is 6.61 Å². The highest BCUT2D eigenvalue weighted by Crippen LogP contribution is 2.36. The quantitative estimate of drug-likeness (QED) is 0.154. The summed E-state index contributed by atoms with van der Waals surface area (Å²) in [4.78, 5) is 67.0. The van der Waals surface area contributed by atoms with E-state index >= 15 is 0 Å². The number of nitrogens with zero attached hydrogens (tertiary/aromatic N) is 5. The van der Waals surface area contributed by atoms with Gasteiger partial charge in [0, 0.05) is 62.3 Å². The number of anilines is 1. The monoisotopic (exact) mass is 869 g/mol. The molecule has 1 atom stereocenters. The van der Waals surface area contributed by atoms with E-state index in [-0.39, 0.29) is 76.4 Å². The fourth-order valence-electron chi connectivity index (χ4n) is 8.40. The predicted octanol–water partition coefficient (Wildman–Crippen LogP) is 4.41. The minimum Gasteiger partial charge on any atom is -0.481 e. The molecular weight excluding hydrogens is 818 g/mol. The van der Waals surface area contributed by atoms with E-state index in [1.165, 1.54) is 10.9 Å². The number of morpholine rings is 1. The zero-order valence-electron chi connectivity index (χ0n) is 34.0. The predicted molar refractivity (Wildman–Crippen MR) is 239 cm³/mol. The van der Waals surface area contributed by atoms with E-state index in [9.17, 15) is 24.3 Å². The van der Waals surface area contributed by atoms with Gasteiger partial charge in [-0.15, -0.1) is 0 Å². The molecule has 0 spiro atoms. The molecule has 3 amide bonds. The Morgan fingerprint density at radius 1 is 0.934 bits per heavy atom. The number of hydrogen-bond donors (Lipinski definition) is 3. The SMILES string of the molecule is O=C(CCN1CCOCC1)Nc1ccc2c(=O)n(CC3(O)CCN(C(=O)[C@H](Cc4ccccc4)NC(=O)COc4cccc5c(Cl)c6c(nc45)CCCC6)CC3)cnc2c1.S. The summed E-state index contributed by atoms with van der Waals surface area (Å²) in [6, 6.07) is 19.1. The summed E-state index contributed by atoms with van der Waals surface area (Å²) in [6.07, 6.45) is 6.30.